The van der Waals surface area contributed by atoms with E-state index in [1.54, 1.807) is 0 Å². The Balaban J connectivity index is 1.86. The third kappa shape index (κ3) is 4.55. The standard InChI is InChI=1S/C17H23N3O/c1-3-4-11-21-12-10-18-13-17-14-19-15(2)20(17)16-8-6-5-7-9-16/h3,5-9,14,18H,1,4,10-13H2,2H3. The van der Waals surface area contributed by atoms with Crippen LogP contribution in [0.3, 0.4) is 0 Å². The van der Waals surface area contributed by atoms with Crippen molar-refractivity contribution < 1.29 is 4.74 Å². The summed E-state index contributed by atoms with van der Waals surface area (Å²) < 4.78 is 7.65. The summed E-state index contributed by atoms with van der Waals surface area (Å²) >= 11 is 0. The Hall–Kier alpha value is -1.91. The lowest BCUT2D eigenvalue weighted by molar-refractivity contribution is 0.140. The molecule has 0 saturated heterocycles. The Kier molecular flexibility index (Phi) is 6.19. The number of hydrogen-bond donors (Lipinski definition) is 1. The fourth-order valence-corrected chi connectivity index (χ4v) is 2.18. The van der Waals surface area contributed by atoms with Gasteiger partial charge in [0.05, 0.1) is 25.1 Å². The molecule has 4 heteroatoms. The lowest BCUT2D eigenvalue weighted by Crippen LogP contribution is -2.21. The average Bonchev–Trinajstić information content (AvgIpc) is 2.88. The Labute approximate surface area is 126 Å². The Bertz CT molecular complexity index is 548. The molecule has 0 amide bonds. The second-order valence-electron chi connectivity index (χ2n) is 4.83. The Morgan fingerprint density at radius 2 is 2.10 bits per heavy atom. The molecule has 0 bridgehead atoms. The fourth-order valence-electron chi connectivity index (χ4n) is 2.18. The van der Waals surface area contributed by atoms with Gasteiger partial charge in [-0.1, -0.05) is 24.3 Å². The molecule has 112 valence electrons. The average molecular weight is 285 g/mol. The monoisotopic (exact) mass is 285 g/mol. The highest BCUT2D eigenvalue weighted by Gasteiger charge is 2.07. The van der Waals surface area contributed by atoms with E-state index in [1.807, 2.05) is 37.4 Å². The van der Waals surface area contributed by atoms with Crippen molar-refractivity contribution in [3.8, 4) is 5.69 Å². The highest BCUT2D eigenvalue weighted by Crippen LogP contribution is 2.14. The van der Waals surface area contributed by atoms with Gasteiger partial charge in [0.1, 0.15) is 5.82 Å². The van der Waals surface area contributed by atoms with Crippen LogP contribution in [0.1, 0.15) is 17.9 Å². The molecule has 0 unspecified atom stereocenters. The van der Waals surface area contributed by atoms with E-state index in [0.717, 1.165) is 43.3 Å². The second kappa shape index (κ2) is 8.39. The molecule has 0 fully saturated rings. The topological polar surface area (TPSA) is 39.1 Å². The van der Waals surface area contributed by atoms with Crippen molar-refractivity contribution in [2.24, 2.45) is 0 Å². The van der Waals surface area contributed by atoms with Crippen LogP contribution in [0, 0.1) is 6.92 Å². The number of rotatable bonds is 9. The van der Waals surface area contributed by atoms with Crippen LogP contribution < -0.4 is 5.32 Å². The second-order valence-corrected chi connectivity index (χ2v) is 4.83. The van der Waals surface area contributed by atoms with Crippen LogP contribution in [0.5, 0.6) is 0 Å². The molecular weight excluding hydrogens is 262 g/mol. The van der Waals surface area contributed by atoms with E-state index in [-0.39, 0.29) is 0 Å². The zero-order valence-electron chi connectivity index (χ0n) is 12.6. The minimum atomic E-state index is 0.715. The largest absolute Gasteiger partial charge is 0.380 e. The van der Waals surface area contributed by atoms with E-state index >= 15 is 0 Å². The maximum Gasteiger partial charge on any atom is 0.110 e. The van der Waals surface area contributed by atoms with Crippen molar-refractivity contribution in [3.05, 3.63) is 60.7 Å². The van der Waals surface area contributed by atoms with Crippen molar-refractivity contribution in [2.45, 2.75) is 19.9 Å². The molecule has 0 saturated carbocycles. The summed E-state index contributed by atoms with van der Waals surface area (Å²) in [6.07, 6.45) is 4.70. The Morgan fingerprint density at radius 3 is 2.86 bits per heavy atom. The normalized spacial score (nSPS) is 10.7. The van der Waals surface area contributed by atoms with E-state index in [1.165, 1.54) is 0 Å². The summed E-state index contributed by atoms with van der Waals surface area (Å²) in [6.45, 7) is 8.76. The molecule has 0 aliphatic heterocycles. The quantitative estimate of drug-likeness (QED) is 0.569. The number of ether oxygens (including phenoxy) is 1. The molecule has 21 heavy (non-hydrogen) atoms. The van der Waals surface area contributed by atoms with Gasteiger partial charge in [-0.25, -0.2) is 4.98 Å². The molecule has 0 aliphatic rings. The molecule has 0 radical (unpaired) electrons. The van der Waals surface area contributed by atoms with Crippen LogP contribution >= 0.6 is 0 Å². The van der Waals surface area contributed by atoms with Crippen LogP contribution in [-0.2, 0) is 11.3 Å². The highest BCUT2D eigenvalue weighted by atomic mass is 16.5. The molecule has 4 nitrogen and oxygen atoms in total. The van der Waals surface area contributed by atoms with Gasteiger partial charge in [0.25, 0.3) is 0 Å². The predicted molar refractivity (Wildman–Crippen MR) is 85.6 cm³/mol. The predicted octanol–water partition coefficient (Wildman–Crippen LogP) is 2.86. The van der Waals surface area contributed by atoms with Crippen molar-refractivity contribution >= 4 is 0 Å². The van der Waals surface area contributed by atoms with Gasteiger partial charge >= 0.3 is 0 Å². The summed E-state index contributed by atoms with van der Waals surface area (Å²) in [5.41, 5.74) is 2.30. The van der Waals surface area contributed by atoms with Gasteiger partial charge in [-0.3, -0.25) is 4.57 Å². The first kappa shape index (κ1) is 15.5. The number of aromatic nitrogens is 2. The van der Waals surface area contributed by atoms with E-state index in [0.29, 0.717) is 6.61 Å². The number of nitrogens with one attached hydrogen (secondary N) is 1. The first-order chi connectivity index (χ1) is 10.3. The summed E-state index contributed by atoms with van der Waals surface area (Å²) in [7, 11) is 0. The molecule has 0 atom stereocenters. The summed E-state index contributed by atoms with van der Waals surface area (Å²) in [5.74, 6) is 1.00. The number of hydrogen-bond acceptors (Lipinski definition) is 3. The zero-order valence-corrected chi connectivity index (χ0v) is 12.6. The van der Waals surface area contributed by atoms with Gasteiger partial charge in [0.15, 0.2) is 0 Å². The number of aryl methyl sites for hydroxylation is 1. The molecular formula is C17H23N3O. The molecule has 1 aromatic carbocycles. The van der Waals surface area contributed by atoms with Gasteiger partial charge in [0.2, 0.25) is 0 Å². The van der Waals surface area contributed by atoms with Crippen LogP contribution in [0.15, 0.2) is 49.2 Å². The van der Waals surface area contributed by atoms with Gasteiger partial charge in [-0.2, -0.15) is 0 Å². The number of nitrogens with zero attached hydrogens (tertiary/aromatic N) is 2. The molecule has 0 spiro atoms. The third-order valence-corrected chi connectivity index (χ3v) is 3.22. The van der Waals surface area contributed by atoms with Crippen molar-refractivity contribution in [2.75, 3.05) is 19.8 Å². The molecule has 0 aliphatic carbocycles. The van der Waals surface area contributed by atoms with Crippen LogP contribution in [0.25, 0.3) is 5.69 Å². The van der Waals surface area contributed by atoms with E-state index in [9.17, 15) is 0 Å². The summed E-state index contributed by atoms with van der Waals surface area (Å²) in [5, 5.41) is 3.39. The summed E-state index contributed by atoms with van der Waals surface area (Å²) in [4.78, 5) is 4.41. The maximum atomic E-state index is 5.48. The molecule has 2 aromatic rings. The Morgan fingerprint density at radius 1 is 1.29 bits per heavy atom. The SMILES string of the molecule is C=CCCOCCNCc1cnc(C)n1-c1ccccc1. The minimum Gasteiger partial charge on any atom is -0.380 e. The zero-order chi connectivity index (χ0) is 14.9. The van der Waals surface area contributed by atoms with Crippen molar-refractivity contribution in [1.82, 2.24) is 14.9 Å². The van der Waals surface area contributed by atoms with Gasteiger partial charge in [-0.15, -0.1) is 6.58 Å². The number of benzene rings is 1. The van der Waals surface area contributed by atoms with Gasteiger partial charge < -0.3 is 10.1 Å². The third-order valence-electron chi connectivity index (χ3n) is 3.22. The van der Waals surface area contributed by atoms with Gasteiger partial charge in [-0.05, 0) is 25.5 Å². The minimum absolute atomic E-state index is 0.715. The smallest absolute Gasteiger partial charge is 0.110 e. The lowest BCUT2D eigenvalue weighted by Gasteiger charge is -2.11. The van der Waals surface area contributed by atoms with Crippen molar-refractivity contribution in [1.29, 1.82) is 0 Å². The lowest BCUT2D eigenvalue weighted by atomic mass is 10.3. The molecule has 2 rings (SSSR count). The van der Waals surface area contributed by atoms with Gasteiger partial charge in [0, 0.05) is 18.8 Å². The first-order valence-corrected chi connectivity index (χ1v) is 7.31. The number of para-hydroxylation sites is 1. The van der Waals surface area contributed by atoms with Crippen LogP contribution in [0.2, 0.25) is 0 Å². The van der Waals surface area contributed by atoms with E-state index < -0.39 is 0 Å². The molecule has 1 aromatic heterocycles. The molecule has 1 N–H and O–H groups in total. The highest BCUT2D eigenvalue weighted by molar-refractivity contribution is 5.35. The number of imidazole rings is 1. The summed E-state index contributed by atoms with van der Waals surface area (Å²) in [6, 6.07) is 10.3. The van der Waals surface area contributed by atoms with Crippen molar-refractivity contribution in [3.63, 3.8) is 0 Å². The first-order valence-electron chi connectivity index (χ1n) is 7.31. The maximum absolute atomic E-state index is 5.48. The van der Waals surface area contributed by atoms with Crippen LogP contribution in [0.4, 0.5) is 0 Å². The van der Waals surface area contributed by atoms with E-state index in [4.69, 9.17) is 4.74 Å². The van der Waals surface area contributed by atoms with Crippen LogP contribution in [-0.4, -0.2) is 29.3 Å². The molecule has 1 heterocycles. The van der Waals surface area contributed by atoms with E-state index in [2.05, 4.69) is 33.6 Å². The fraction of sp³-hybridized carbons (Fsp3) is 0.353.